The molecule has 19 heavy (non-hydrogen) atoms. The Bertz CT molecular complexity index is 626. The van der Waals surface area contributed by atoms with Crippen LogP contribution in [0.4, 0.5) is 5.69 Å². The number of hydrogen-bond donors (Lipinski definition) is 2. The van der Waals surface area contributed by atoms with Gasteiger partial charge in [0.1, 0.15) is 0 Å². The van der Waals surface area contributed by atoms with Gasteiger partial charge in [-0.15, -0.1) is 0 Å². The van der Waals surface area contributed by atoms with E-state index in [1.807, 2.05) is 31.2 Å². The second-order valence-corrected chi connectivity index (χ2v) is 7.16. The molecule has 4 nitrogen and oxygen atoms in total. The molecular weight excluding hydrogens is 256 g/mol. The molecule has 5 heteroatoms. The van der Waals surface area contributed by atoms with E-state index in [9.17, 15) is 9.59 Å². The number of aromatic nitrogens is 1. The lowest BCUT2D eigenvalue weighted by Gasteiger charge is -2.10. The molecule has 0 unspecified atom stereocenters. The molecule has 1 aromatic heterocycles. The monoisotopic (exact) mass is 274 g/mol. The van der Waals surface area contributed by atoms with Crippen LogP contribution in [0.3, 0.4) is 0 Å². The predicted molar refractivity (Wildman–Crippen MR) is 81.0 cm³/mol. The smallest absolute Gasteiger partial charge is 0.273 e. The number of nitrogens with two attached hydrogens (primary N) is 1. The van der Waals surface area contributed by atoms with Gasteiger partial charge in [-0.25, -0.2) is 0 Å². The third-order valence-corrected chi connectivity index (χ3v) is 5.10. The first-order chi connectivity index (χ1) is 9.02. The zero-order valence-corrected chi connectivity index (χ0v) is 12.3. The molecule has 0 bridgehead atoms. The van der Waals surface area contributed by atoms with E-state index < -0.39 is 9.04 Å². The van der Waals surface area contributed by atoms with E-state index in [2.05, 4.69) is 0 Å². The Morgan fingerprint density at radius 2 is 2.05 bits per heavy atom. The van der Waals surface area contributed by atoms with Crippen molar-refractivity contribution in [2.45, 2.75) is 13.0 Å². The van der Waals surface area contributed by atoms with Crippen molar-refractivity contribution in [1.82, 2.24) is 4.57 Å². The number of aryl methyl sites for hydroxylation is 1. The molecule has 0 aliphatic heterocycles. The summed E-state index contributed by atoms with van der Waals surface area (Å²) in [5.41, 5.74) is 7.61. The van der Waals surface area contributed by atoms with Crippen molar-refractivity contribution in [2.24, 2.45) is 7.05 Å². The predicted octanol–water partition coefficient (Wildman–Crippen LogP) is 0.577. The van der Waals surface area contributed by atoms with Crippen molar-refractivity contribution in [2.75, 3.05) is 5.73 Å². The largest absolute Gasteiger partial charge is 0.430 e. The normalized spacial score (nSPS) is 12.4. The minimum Gasteiger partial charge on any atom is -0.430 e. The maximum Gasteiger partial charge on any atom is 0.273 e. The Balaban J connectivity index is 2.50. The number of nitrogen functional groups attached to an aromatic ring is 1. The van der Waals surface area contributed by atoms with Crippen LogP contribution >= 0.6 is 0 Å². The number of rotatable bonds is 3. The Kier molecular flexibility index (Phi) is 3.87. The van der Waals surface area contributed by atoms with Gasteiger partial charge >= 0.3 is 0 Å². The third-order valence-electron chi connectivity index (χ3n) is 3.20. The average Bonchev–Trinajstić information content (AvgIpc) is 2.43. The van der Waals surface area contributed by atoms with Crippen LogP contribution in [0.1, 0.15) is 6.92 Å². The molecule has 0 aliphatic carbocycles. The van der Waals surface area contributed by atoms with Gasteiger partial charge in [0.2, 0.25) is 9.04 Å². The molecular formula is C14H18N2O2Si. The van der Waals surface area contributed by atoms with Gasteiger partial charge in [-0.3, -0.25) is 4.79 Å². The van der Waals surface area contributed by atoms with Crippen molar-refractivity contribution in [3.8, 4) is 11.1 Å². The maximum atomic E-state index is 11.6. The highest BCUT2D eigenvalue weighted by Gasteiger charge is 2.09. The summed E-state index contributed by atoms with van der Waals surface area (Å²) in [6.07, 6.45) is 1.76. The summed E-state index contributed by atoms with van der Waals surface area (Å²) in [4.78, 5) is 21.6. The van der Waals surface area contributed by atoms with Crippen LogP contribution in [0.25, 0.3) is 11.1 Å². The minimum atomic E-state index is -1.83. The maximum absolute atomic E-state index is 11.6. The zero-order chi connectivity index (χ0) is 14.0. The molecule has 1 atom stereocenters. The van der Waals surface area contributed by atoms with Crippen molar-refractivity contribution in [3.05, 3.63) is 46.9 Å². The number of benzene rings is 1. The van der Waals surface area contributed by atoms with Crippen LogP contribution in [0.15, 0.2) is 41.3 Å². The van der Waals surface area contributed by atoms with Gasteiger partial charge in [-0.2, -0.15) is 0 Å². The molecule has 2 rings (SSSR count). The molecule has 3 N–H and O–H groups in total. The van der Waals surface area contributed by atoms with Gasteiger partial charge in [-0.1, -0.05) is 31.2 Å². The molecule has 0 saturated carbocycles. The summed E-state index contributed by atoms with van der Waals surface area (Å²) in [7, 11) is -0.143. The lowest BCUT2D eigenvalue weighted by molar-refractivity contribution is 0.586. The summed E-state index contributed by atoms with van der Waals surface area (Å²) in [5.74, 6) is 0. The number of nitrogens with zero attached hydrogens (tertiary/aromatic N) is 1. The standard InChI is InChI=1S/C14H18N2O2Si/c1-3-19(18)12-6-4-5-10(7-12)11-8-13(15)14(17)16(2)9-11/h4-9,18-19H,3,15H2,1-2H3/t19-/m1/s1. The zero-order valence-electron chi connectivity index (χ0n) is 11.1. The Morgan fingerprint density at radius 3 is 2.68 bits per heavy atom. The fourth-order valence-electron chi connectivity index (χ4n) is 2.06. The summed E-state index contributed by atoms with van der Waals surface area (Å²) in [6.45, 7) is 1.99. The van der Waals surface area contributed by atoms with E-state index in [0.717, 1.165) is 22.4 Å². The minimum absolute atomic E-state index is 0.192. The van der Waals surface area contributed by atoms with Gasteiger partial charge in [0.15, 0.2) is 0 Å². The van der Waals surface area contributed by atoms with Crippen molar-refractivity contribution >= 4 is 19.9 Å². The van der Waals surface area contributed by atoms with Gasteiger partial charge < -0.3 is 15.1 Å². The van der Waals surface area contributed by atoms with Gasteiger partial charge in [0, 0.05) is 18.8 Å². The molecule has 0 saturated heterocycles. The van der Waals surface area contributed by atoms with Crippen molar-refractivity contribution < 1.29 is 4.80 Å². The van der Waals surface area contributed by atoms with Crippen molar-refractivity contribution in [3.63, 3.8) is 0 Å². The highest BCUT2D eigenvalue weighted by Crippen LogP contribution is 2.18. The number of anilines is 1. The fraction of sp³-hybridized carbons (Fsp3) is 0.214. The van der Waals surface area contributed by atoms with Crippen molar-refractivity contribution in [1.29, 1.82) is 0 Å². The topological polar surface area (TPSA) is 68.2 Å². The van der Waals surface area contributed by atoms with Crippen LogP contribution in [-0.2, 0) is 7.05 Å². The van der Waals surface area contributed by atoms with Gasteiger partial charge in [0.05, 0.1) is 5.69 Å². The molecule has 0 radical (unpaired) electrons. The average molecular weight is 274 g/mol. The SMILES string of the molecule is CC[Si@@H](O)c1cccc(-c2cc(N)c(=O)n(C)c2)c1. The van der Waals surface area contributed by atoms with E-state index in [1.165, 1.54) is 4.57 Å². The first kappa shape index (κ1) is 13.6. The lowest BCUT2D eigenvalue weighted by atomic mass is 10.1. The van der Waals surface area contributed by atoms with E-state index in [0.29, 0.717) is 0 Å². The lowest BCUT2D eigenvalue weighted by Crippen LogP contribution is -2.28. The molecule has 0 spiro atoms. The van der Waals surface area contributed by atoms with E-state index in [4.69, 9.17) is 5.73 Å². The summed E-state index contributed by atoms with van der Waals surface area (Å²) >= 11 is 0. The van der Waals surface area contributed by atoms with E-state index in [1.54, 1.807) is 19.3 Å². The molecule has 100 valence electrons. The summed E-state index contributed by atoms with van der Waals surface area (Å²) in [6, 6.07) is 10.3. The number of hydrogen-bond acceptors (Lipinski definition) is 3. The Labute approximate surface area is 113 Å². The fourth-order valence-corrected chi connectivity index (χ4v) is 3.23. The first-order valence-corrected chi connectivity index (χ1v) is 8.18. The second-order valence-electron chi connectivity index (χ2n) is 4.65. The second kappa shape index (κ2) is 5.42. The van der Waals surface area contributed by atoms with E-state index in [-0.39, 0.29) is 11.2 Å². The Morgan fingerprint density at radius 1 is 1.32 bits per heavy atom. The molecule has 2 aromatic rings. The molecule has 0 fully saturated rings. The molecule has 0 amide bonds. The molecule has 1 heterocycles. The highest BCUT2D eigenvalue weighted by molar-refractivity contribution is 6.66. The van der Waals surface area contributed by atoms with Crippen LogP contribution < -0.4 is 16.5 Å². The summed E-state index contributed by atoms with van der Waals surface area (Å²) < 4.78 is 1.48. The third kappa shape index (κ3) is 2.77. The Hall–Kier alpha value is -1.85. The quantitative estimate of drug-likeness (QED) is 0.804. The van der Waals surface area contributed by atoms with Crippen LogP contribution in [0.5, 0.6) is 0 Å². The van der Waals surface area contributed by atoms with Gasteiger partial charge in [-0.05, 0) is 22.9 Å². The highest BCUT2D eigenvalue weighted by atomic mass is 28.3. The molecule has 0 aliphatic rings. The van der Waals surface area contributed by atoms with E-state index >= 15 is 0 Å². The molecule has 1 aromatic carbocycles. The first-order valence-electron chi connectivity index (χ1n) is 6.27. The van der Waals surface area contributed by atoms with Gasteiger partial charge in [0.25, 0.3) is 5.56 Å². The number of pyridine rings is 1. The van der Waals surface area contributed by atoms with Crippen LogP contribution in [0.2, 0.25) is 6.04 Å². The van der Waals surface area contributed by atoms with Crippen LogP contribution in [-0.4, -0.2) is 18.4 Å². The summed E-state index contributed by atoms with van der Waals surface area (Å²) in [5, 5.41) is 1.01. The van der Waals surface area contributed by atoms with Crippen LogP contribution in [0, 0.1) is 0 Å².